The fourth-order valence-corrected chi connectivity index (χ4v) is 3.35. The molecule has 1 aliphatic heterocycles. The molecule has 0 spiro atoms. The summed E-state index contributed by atoms with van der Waals surface area (Å²) < 4.78 is 15.8. The van der Waals surface area contributed by atoms with Crippen LogP contribution in [-0.2, 0) is 0 Å². The van der Waals surface area contributed by atoms with Gasteiger partial charge in [0.25, 0.3) is 5.91 Å². The second kappa shape index (κ2) is 6.55. The lowest BCUT2D eigenvalue weighted by Crippen LogP contribution is -2.31. The van der Waals surface area contributed by atoms with E-state index in [9.17, 15) is 4.79 Å². The van der Waals surface area contributed by atoms with Crippen molar-refractivity contribution in [1.29, 1.82) is 0 Å². The van der Waals surface area contributed by atoms with Crippen LogP contribution in [0.5, 0.6) is 11.5 Å². The Morgan fingerprint density at radius 3 is 2.62 bits per heavy atom. The van der Waals surface area contributed by atoms with Crippen LogP contribution in [0.1, 0.15) is 46.3 Å². The third-order valence-electron chi connectivity index (χ3n) is 4.55. The normalized spacial score (nSPS) is 17.2. The van der Waals surface area contributed by atoms with Crippen molar-refractivity contribution in [3.8, 4) is 11.5 Å². The van der Waals surface area contributed by atoms with Gasteiger partial charge in [-0.05, 0) is 44.4 Å². The Bertz CT molecular complexity index is 734. The minimum atomic E-state index is -0.0245. The number of aromatic nitrogens is 1. The van der Waals surface area contributed by atoms with Crippen LogP contribution in [0.25, 0.3) is 0 Å². The number of carbonyl (C=O) groups is 1. The lowest BCUT2D eigenvalue weighted by Gasteiger charge is -2.25. The predicted molar refractivity (Wildman–Crippen MR) is 88.5 cm³/mol. The Morgan fingerprint density at radius 2 is 2.00 bits per heavy atom. The van der Waals surface area contributed by atoms with Gasteiger partial charge < -0.3 is 18.9 Å². The number of benzene rings is 1. The van der Waals surface area contributed by atoms with Gasteiger partial charge in [0.05, 0.1) is 26.0 Å². The van der Waals surface area contributed by atoms with Crippen molar-refractivity contribution in [3.63, 3.8) is 0 Å². The highest BCUT2D eigenvalue weighted by Gasteiger charge is 2.33. The molecule has 1 saturated heterocycles. The van der Waals surface area contributed by atoms with Crippen molar-refractivity contribution in [1.82, 2.24) is 10.1 Å². The fraction of sp³-hybridized carbons (Fsp3) is 0.444. The van der Waals surface area contributed by atoms with Gasteiger partial charge in [-0.25, -0.2) is 0 Å². The number of aryl methyl sites for hydroxylation is 2. The largest absolute Gasteiger partial charge is 0.493 e. The molecule has 0 radical (unpaired) electrons. The Hall–Kier alpha value is -2.50. The molecule has 2 heterocycles. The summed E-state index contributed by atoms with van der Waals surface area (Å²) in [6.45, 7) is 4.29. The van der Waals surface area contributed by atoms with E-state index in [-0.39, 0.29) is 11.9 Å². The highest BCUT2D eigenvalue weighted by atomic mass is 16.5. The molecule has 0 bridgehead atoms. The highest BCUT2D eigenvalue weighted by Crippen LogP contribution is 2.38. The van der Waals surface area contributed by atoms with Gasteiger partial charge in [-0.2, -0.15) is 0 Å². The summed E-state index contributed by atoms with van der Waals surface area (Å²) in [6, 6.07) is 5.84. The van der Waals surface area contributed by atoms with E-state index in [2.05, 4.69) is 5.16 Å². The van der Waals surface area contributed by atoms with Crippen LogP contribution in [0.4, 0.5) is 0 Å². The van der Waals surface area contributed by atoms with E-state index < -0.39 is 0 Å². The van der Waals surface area contributed by atoms with Gasteiger partial charge in [0.2, 0.25) is 0 Å². The third kappa shape index (κ3) is 2.72. The van der Waals surface area contributed by atoms with Crippen LogP contribution >= 0.6 is 0 Å². The standard InChI is InChI=1S/C18H22N2O4/c1-11-17(12(2)24-19-11)18(21)20-9-5-6-14(20)13-7-8-15(22-3)16(10-13)23-4/h7-8,10,14H,5-6,9H2,1-4H3. The Kier molecular flexibility index (Phi) is 4.46. The van der Waals surface area contributed by atoms with E-state index in [1.165, 1.54) is 0 Å². The number of nitrogens with zero attached hydrogens (tertiary/aromatic N) is 2. The maximum absolute atomic E-state index is 13.0. The van der Waals surface area contributed by atoms with Crippen molar-refractivity contribution in [2.45, 2.75) is 32.7 Å². The molecule has 0 saturated carbocycles. The molecule has 1 aliphatic rings. The molecule has 1 fully saturated rings. The summed E-state index contributed by atoms with van der Waals surface area (Å²) >= 11 is 0. The average Bonchev–Trinajstić information content (AvgIpc) is 3.20. The van der Waals surface area contributed by atoms with Crippen molar-refractivity contribution in [2.75, 3.05) is 20.8 Å². The molecule has 1 atom stereocenters. The highest BCUT2D eigenvalue weighted by molar-refractivity contribution is 5.96. The summed E-state index contributed by atoms with van der Waals surface area (Å²) in [5.74, 6) is 1.90. The molecule has 6 heteroatoms. The fourth-order valence-electron chi connectivity index (χ4n) is 3.35. The Labute approximate surface area is 141 Å². The minimum absolute atomic E-state index is 0.0195. The first-order chi connectivity index (χ1) is 11.6. The quantitative estimate of drug-likeness (QED) is 0.861. The van der Waals surface area contributed by atoms with Crippen molar-refractivity contribution < 1.29 is 18.8 Å². The molecule has 6 nitrogen and oxygen atoms in total. The second-order valence-corrected chi connectivity index (χ2v) is 5.97. The molecule has 0 aliphatic carbocycles. The van der Waals surface area contributed by atoms with Gasteiger partial charge in [0, 0.05) is 6.54 Å². The SMILES string of the molecule is COc1ccc(C2CCCN2C(=O)c2c(C)noc2C)cc1OC. The maximum atomic E-state index is 13.0. The number of rotatable bonds is 4. The van der Waals surface area contributed by atoms with E-state index in [1.54, 1.807) is 28.1 Å². The van der Waals surface area contributed by atoms with E-state index in [4.69, 9.17) is 14.0 Å². The Balaban J connectivity index is 1.92. The molecular weight excluding hydrogens is 308 g/mol. The van der Waals surface area contributed by atoms with Crippen molar-refractivity contribution >= 4 is 5.91 Å². The van der Waals surface area contributed by atoms with Crippen molar-refractivity contribution in [3.05, 3.63) is 40.8 Å². The first-order valence-electron chi connectivity index (χ1n) is 8.02. The molecule has 3 rings (SSSR count). The first kappa shape index (κ1) is 16.4. The molecule has 1 amide bonds. The van der Waals surface area contributed by atoms with Gasteiger partial charge in [-0.15, -0.1) is 0 Å². The second-order valence-electron chi connectivity index (χ2n) is 5.97. The molecular formula is C18H22N2O4. The average molecular weight is 330 g/mol. The van der Waals surface area contributed by atoms with Crippen LogP contribution in [0.3, 0.4) is 0 Å². The van der Waals surface area contributed by atoms with Crippen LogP contribution in [0.2, 0.25) is 0 Å². The van der Waals surface area contributed by atoms with Gasteiger partial charge in [0.15, 0.2) is 11.5 Å². The molecule has 2 aromatic rings. The van der Waals surface area contributed by atoms with Crippen LogP contribution < -0.4 is 9.47 Å². The molecule has 1 aromatic heterocycles. The lowest BCUT2D eigenvalue weighted by atomic mass is 10.0. The number of hydrogen-bond donors (Lipinski definition) is 0. The summed E-state index contributed by atoms with van der Waals surface area (Å²) in [5.41, 5.74) is 2.25. The number of methoxy groups -OCH3 is 2. The summed E-state index contributed by atoms with van der Waals surface area (Å²) in [5, 5.41) is 3.90. The van der Waals surface area contributed by atoms with Crippen molar-refractivity contribution in [2.24, 2.45) is 0 Å². The predicted octanol–water partition coefficient (Wildman–Crippen LogP) is 3.29. The van der Waals surface area contributed by atoms with E-state index >= 15 is 0 Å². The zero-order valence-electron chi connectivity index (χ0n) is 14.5. The van der Waals surface area contributed by atoms with Crippen LogP contribution in [-0.4, -0.2) is 36.7 Å². The van der Waals surface area contributed by atoms with E-state index in [1.807, 2.05) is 23.1 Å². The summed E-state index contributed by atoms with van der Waals surface area (Å²) in [6.07, 6.45) is 1.89. The molecule has 0 N–H and O–H groups in total. The maximum Gasteiger partial charge on any atom is 0.259 e. The topological polar surface area (TPSA) is 64.8 Å². The molecule has 128 valence electrons. The first-order valence-corrected chi connectivity index (χ1v) is 8.02. The zero-order valence-corrected chi connectivity index (χ0v) is 14.5. The molecule has 1 aromatic carbocycles. The Morgan fingerprint density at radius 1 is 1.25 bits per heavy atom. The van der Waals surface area contributed by atoms with Gasteiger partial charge in [0.1, 0.15) is 11.3 Å². The smallest absolute Gasteiger partial charge is 0.259 e. The summed E-state index contributed by atoms with van der Waals surface area (Å²) in [7, 11) is 3.23. The number of hydrogen-bond acceptors (Lipinski definition) is 5. The molecule has 1 unspecified atom stereocenters. The zero-order chi connectivity index (χ0) is 17.3. The monoisotopic (exact) mass is 330 g/mol. The van der Waals surface area contributed by atoms with Gasteiger partial charge in [-0.3, -0.25) is 4.79 Å². The molecule has 24 heavy (non-hydrogen) atoms. The van der Waals surface area contributed by atoms with Crippen LogP contribution in [0.15, 0.2) is 22.7 Å². The minimum Gasteiger partial charge on any atom is -0.493 e. The number of ether oxygens (including phenoxy) is 2. The number of carbonyl (C=O) groups excluding carboxylic acids is 1. The lowest BCUT2D eigenvalue weighted by molar-refractivity contribution is 0.0733. The van der Waals surface area contributed by atoms with Crippen LogP contribution in [0, 0.1) is 13.8 Å². The number of likely N-dealkylation sites (tertiary alicyclic amines) is 1. The van der Waals surface area contributed by atoms with E-state index in [0.29, 0.717) is 28.5 Å². The van der Waals surface area contributed by atoms with E-state index in [0.717, 1.165) is 24.9 Å². The van der Waals surface area contributed by atoms with Gasteiger partial charge in [-0.1, -0.05) is 11.2 Å². The summed E-state index contributed by atoms with van der Waals surface area (Å²) in [4.78, 5) is 14.9. The van der Waals surface area contributed by atoms with Gasteiger partial charge >= 0.3 is 0 Å². The number of amides is 1. The third-order valence-corrected chi connectivity index (χ3v) is 4.55.